The molecule has 0 fully saturated rings. The molecule has 96 valence electrons. The van der Waals surface area contributed by atoms with Gasteiger partial charge in [0.1, 0.15) is 13.2 Å². The third-order valence-corrected chi connectivity index (χ3v) is 4.10. The lowest BCUT2D eigenvalue weighted by Gasteiger charge is -2.23. The molecule has 0 spiro atoms. The predicted molar refractivity (Wildman–Crippen MR) is 74.0 cm³/mol. The second kappa shape index (κ2) is 4.30. The molecule has 1 unspecified atom stereocenters. The normalized spacial score (nSPS) is 20.1. The van der Waals surface area contributed by atoms with Crippen molar-refractivity contribution in [2.24, 2.45) is 0 Å². The van der Waals surface area contributed by atoms with Crippen molar-refractivity contribution in [1.82, 2.24) is 0 Å². The molecule has 1 aliphatic carbocycles. The molecule has 0 saturated heterocycles. The topological polar surface area (TPSA) is 18.5 Å². The zero-order valence-corrected chi connectivity index (χ0v) is 10.8. The summed E-state index contributed by atoms with van der Waals surface area (Å²) in [6.07, 6.45) is 2.32. The Morgan fingerprint density at radius 1 is 0.842 bits per heavy atom. The molecule has 2 aromatic rings. The van der Waals surface area contributed by atoms with Crippen molar-refractivity contribution in [3.05, 3.63) is 59.2 Å². The molecule has 0 radical (unpaired) electrons. The first-order chi connectivity index (χ1) is 9.43. The molecule has 1 atom stereocenters. The van der Waals surface area contributed by atoms with Crippen LogP contribution in [-0.2, 0) is 6.42 Å². The highest BCUT2D eigenvalue weighted by atomic mass is 16.6. The third-order valence-electron chi connectivity index (χ3n) is 4.10. The molecular formula is C17H16O2. The molecule has 19 heavy (non-hydrogen) atoms. The number of hydrogen-bond donors (Lipinski definition) is 0. The summed E-state index contributed by atoms with van der Waals surface area (Å²) in [7, 11) is 0. The fourth-order valence-corrected chi connectivity index (χ4v) is 3.25. The summed E-state index contributed by atoms with van der Waals surface area (Å²) in [5.41, 5.74) is 4.20. The van der Waals surface area contributed by atoms with Crippen LogP contribution in [0.3, 0.4) is 0 Å². The summed E-state index contributed by atoms with van der Waals surface area (Å²) < 4.78 is 11.5. The number of ether oxygens (including phenoxy) is 2. The first kappa shape index (κ1) is 10.9. The molecule has 2 aromatic carbocycles. The SMILES string of the molecule is c1ccc2c(c1)CCC2c1cccc2c1OCCO2. The predicted octanol–water partition coefficient (Wildman–Crippen LogP) is 3.54. The molecule has 1 heterocycles. The highest BCUT2D eigenvalue weighted by molar-refractivity contribution is 5.53. The largest absolute Gasteiger partial charge is 0.486 e. The van der Waals surface area contributed by atoms with Crippen LogP contribution in [0.25, 0.3) is 0 Å². The van der Waals surface area contributed by atoms with Crippen molar-refractivity contribution in [1.29, 1.82) is 0 Å². The molecule has 0 amide bonds. The van der Waals surface area contributed by atoms with E-state index in [2.05, 4.69) is 36.4 Å². The molecule has 2 aliphatic rings. The molecule has 0 saturated carbocycles. The zero-order chi connectivity index (χ0) is 12.7. The van der Waals surface area contributed by atoms with E-state index in [1.165, 1.54) is 23.1 Å². The lowest BCUT2D eigenvalue weighted by Crippen LogP contribution is -2.17. The standard InChI is InChI=1S/C17H16O2/c1-2-5-13-12(4-1)8-9-14(13)15-6-3-7-16-17(15)19-11-10-18-16/h1-7,14H,8-11H2. The van der Waals surface area contributed by atoms with E-state index in [0.29, 0.717) is 19.1 Å². The van der Waals surface area contributed by atoms with E-state index >= 15 is 0 Å². The van der Waals surface area contributed by atoms with Crippen LogP contribution >= 0.6 is 0 Å². The van der Waals surface area contributed by atoms with Crippen molar-refractivity contribution < 1.29 is 9.47 Å². The lowest BCUT2D eigenvalue weighted by atomic mass is 9.92. The van der Waals surface area contributed by atoms with Gasteiger partial charge < -0.3 is 9.47 Å². The lowest BCUT2D eigenvalue weighted by molar-refractivity contribution is 0.169. The first-order valence-corrected chi connectivity index (χ1v) is 6.90. The van der Waals surface area contributed by atoms with Crippen molar-refractivity contribution in [2.45, 2.75) is 18.8 Å². The maximum Gasteiger partial charge on any atom is 0.165 e. The van der Waals surface area contributed by atoms with E-state index in [9.17, 15) is 0 Å². The zero-order valence-electron chi connectivity index (χ0n) is 10.8. The minimum absolute atomic E-state index is 0.452. The second-order valence-corrected chi connectivity index (χ2v) is 5.16. The van der Waals surface area contributed by atoms with Gasteiger partial charge in [0.15, 0.2) is 11.5 Å². The fourth-order valence-electron chi connectivity index (χ4n) is 3.25. The Balaban J connectivity index is 1.82. The number of hydrogen-bond acceptors (Lipinski definition) is 2. The van der Waals surface area contributed by atoms with Crippen LogP contribution in [0.15, 0.2) is 42.5 Å². The Kier molecular flexibility index (Phi) is 2.47. The van der Waals surface area contributed by atoms with Crippen molar-refractivity contribution in [3.8, 4) is 11.5 Å². The molecule has 0 aromatic heterocycles. The monoisotopic (exact) mass is 252 g/mol. The van der Waals surface area contributed by atoms with Crippen molar-refractivity contribution in [2.75, 3.05) is 13.2 Å². The van der Waals surface area contributed by atoms with Crippen LogP contribution < -0.4 is 9.47 Å². The van der Waals surface area contributed by atoms with Crippen LogP contribution in [0, 0.1) is 0 Å². The van der Waals surface area contributed by atoms with Gasteiger partial charge in [-0.05, 0) is 30.0 Å². The van der Waals surface area contributed by atoms with E-state index in [0.717, 1.165) is 17.9 Å². The molecule has 0 N–H and O–H groups in total. The van der Waals surface area contributed by atoms with Gasteiger partial charge in [0, 0.05) is 11.5 Å². The minimum atomic E-state index is 0.452. The average Bonchev–Trinajstić information content (AvgIpc) is 2.90. The number of benzene rings is 2. The van der Waals surface area contributed by atoms with Crippen LogP contribution in [-0.4, -0.2) is 13.2 Å². The summed E-state index contributed by atoms with van der Waals surface area (Å²) in [4.78, 5) is 0. The van der Waals surface area contributed by atoms with Crippen molar-refractivity contribution in [3.63, 3.8) is 0 Å². The molecule has 4 rings (SSSR count). The minimum Gasteiger partial charge on any atom is -0.486 e. The van der Waals surface area contributed by atoms with E-state index in [1.807, 2.05) is 6.07 Å². The third kappa shape index (κ3) is 1.71. The molecule has 0 bridgehead atoms. The summed E-state index contributed by atoms with van der Waals surface area (Å²) in [5.74, 6) is 2.30. The van der Waals surface area contributed by atoms with Gasteiger partial charge in [-0.25, -0.2) is 0 Å². The van der Waals surface area contributed by atoms with Crippen LogP contribution in [0.1, 0.15) is 29.0 Å². The van der Waals surface area contributed by atoms with E-state index in [1.54, 1.807) is 0 Å². The van der Waals surface area contributed by atoms with Gasteiger partial charge in [-0.2, -0.15) is 0 Å². The molecule has 2 nitrogen and oxygen atoms in total. The van der Waals surface area contributed by atoms with Gasteiger partial charge in [0.05, 0.1) is 0 Å². The maximum atomic E-state index is 5.86. The Bertz CT molecular complexity index is 618. The quantitative estimate of drug-likeness (QED) is 0.773. The number of para-hydroxylation sites is 1. The summed E-state index contributed by atoms with van der Waals surface area (Å²) in [6.45, 7) is 1.30. The molecule has 2 heteroatoms. The van der Waals surface area contributed by atoms with Crippen LogP contribution in [0.5, 0.6) is 11.5 Å². The molecular weight excluding hydrogens is 236 g/mol. The summed E-state index contributed by atoms with van der Waals surface area (Å²) >= 11 is 0. The van der Waals surface area contributed by atoms with Gasteiger partial charge in [-0.3, -0.25) is 0 Å². The van der Waals surface area contributed by atoms with Crippen molar-refractivity contribution >= 4 is 0 Å². The summed E-state index contributed by atoms with van der Waals surface area (Å²) in [6, 6.07) is 15.0. The van der Waals surface area contributed by atoms with Crippen LogP contribution in [0.4, 0.5) is 0 Å². The molecule has 1 aliphatic heterocycles. The van der Waals surface area contributed by atoms with Gasteiger partial charge in [-0.15, -0.1) is 0 Å². The van der Waals surface area contributed by atoms with Crippen LogP contribution in [0.2, 0.25) is 0 Å². The second-order valence-electron chi connectivity index (χ2n) is 5.16. The van der Waals surface area contributed by atoms with Gasteiger partial charge >= 0.3 is 0 Å². The number of fused-ring (bicyclic) bond motifs is 2. The van der Waals surface area contributed by atoms with Gasteiger partial charge in [0.25, 0.3) is 0 Å². The average molecular weight is 252 g/mol. The highest BCUT2D eigenvalue weighted by Crippen LogP contribution is 2.45. The van der Waals surface area contributed by atoms with E-state index < -0.39 is 0 Å². The van der Waals surface area contributed by atoms with Gasteiger partial charge in [-0.1, -0.05) is 36.4 Å². The Labute approximate surface area is 113 Å². The van der Waals surface area contributed by atoms with Gasteiger partial charge in [0.2, 0.25) is 0 Å². The van der Waals surface area contributed by atoms with E-state index in [-0.39, 0.29) is 0 Å². The Morgan fingerprint density at radius 3 is 2.68 bits per heavy atom. The van der Waals surface area contributed by atoms with E-state index in [4.69, 9.17) is 9.47 Å². The fraction of sp³-hybridized carbons (Fsp3) is 0.294. The maximum absolute atomic E-state index is 5.86. The number of rotatable bonds is 1. The Morgan fingerprint density at radius 2 is 1.68 bits per heavy atom. The highest BCUT2D eigenvalue weighted by Gasteiger charge is 2.28. The first-order valence-electron chi connectivity index (χ1n) is 6.90. The summed E-state index contributed by atoms with van der Waals surface area (Å²) in [5, 5.41) is 0. The Hall–Kier alpha value is -1.96. The number of aryl methyl sites for hydroxylation is 1. The smallest absolute Gasteiger partial charge is 0.165 e.